The van der Waals surface area contributed by atoms with Gasteiger partial charge in [-0.2, -0.15) is 0 Å². The molecule has 0 saturated heterocycles. The second-order valence-electron chi connectivity index (χ2n) is 12.3. The average molecular weight is 505 g/mol. The lowest BCUT2D eigenvalue weighted by molar-refractivity contribution is 0.411. The molecule has 2 heterocycles. The second-order valence-corrected chi connectivity index (χ2v) is 13.6. The van der Waals surface area contributed by atoms with Crippen molar-refractivity contribution in [3.8, 4) is 33.0 Å². The highest BCUT2D eigenvalue weighted by Gasteiger charge is 2.19. The third kappa shape index (κ3) is 5.52. The molecule has 0 aliphatic heterocycles. The van der Waals surface area contributed by atoms with E-state index in [9.17, 15) is 0 Å². The van der Waals surface area contributed by atoms with Crippen molar-refractivity contribution in [2.24, 2.45) is 5.41 Å². The Morgan fingerprint density at radius 2 is 1.43 bits per heavy atom. The summed E-state index contributed by atoms with van der Waals surface area (Å²) in [4.78, 5) is 11.9. The number of rotatable bonds is 4. The Balaban J connectivity index is 1.51. The van der Waals surface area contributed by atoms with Crippen LogP contribution in [0.4, 0.5) is 0 Å². The Hall–Kier alpha value is -3.30. The molecule has 2 aromatic heterocycles. The van der Waals surface area contributed by atoms with E-state index in [1.54, 1.807) is 6.33 Å². The molecule has 0 atom stereocenters. The van der Waals surface area contributed by atoms with Crippen molar-refractivity contribution in [3.63, 3.8) is 0 Å². The molecule has 0 aliphatic rings. The Labute approximate surface area is 225 Å². The molecule has 0 fully saturated rings. The van der Waals surface area contributed by atoms with Crippen LogP contribution < -0.4 is 0 Å². The van der Waals surface area contributed by atoms with Gasteiger partial charge in [0.25, 0.3) is 0 Å². The molecule has 0 aliphatic carbocycles. The standard InChI is InChI=1S/C34H36N2S/c1-22-28(18-32(37-22)24-14-12-23(13-15-24)20-33(2,3)4)31-19-30(35-21-36-31)26-16-25-10-8-9-11-27(25)29(17-26)34(5,6)7/h8-19,21H,20H2,1-7H3. The first-order valence-corrected chi connectivity index (χ1v) is 13.9. The largest absolute Gasteiger partial charge is 0.236 e. The van der Waals surface area contributed by atoms with Crippen molar-refractivity contribution in [3.05, 3.63) is 95.1 Å². The van der Waals surface area contributed by atoms with Crippen LogP contribution in [0.5, 0.6) is 0 Å². The van der Waals surface area contributed by atoms with E-state index >= 15 is 0 Å². The summed E-state index contributed by atoms with van der Waals surface area (Å²) in [6, 6.07) is 26.7. The van der Waals surface area contributed by atoms with Gasteiger partial charge in [0.2, 0.25) is 0 Å². The van der Waals surface area contributed by atoms with Gasteiger partial charge in [-0.1, -0.05) is 90.1 Å². The van der Waals surface area contributed by atoms with Crippen molar-refractivity contribution in [2.75, 3.05) is 0 Å². The molecule has 5 aromatic rings. The third-order valence-corrected chi connectivity index (χ3v) is 7.90. The lowest BCUT2D eigenvalue weighted by Gasteiger charge is -2.22. The molecule has 0 radical (unpaired) electrons. The van der Waals surface area contributed by atoms with Crippen LogP contribution in [0.1, 0.15) is 57.5 Å². The monoisotopic (exact) mass is 504 g/mol. The zero-order chi connectivity index (χ0) is 26.4. The first kappa shape index (κ1) is 25.4. The molecule has 3 aromatic carbocycles. The topological polar surface area (TPSA) is 25.8 Å². The van der Waals surface area contributed by atoms with E-state index < -0.39 is 0 Å². The highest BCUT2D eigenvalue weighted by molar-refractivity contribution is 7.16. The highest BCUT2D eigenvalue weighted by Crippen LogP contribution is 2.38. The van der Waals surface area contributed by atoms with Gasteiger partial charge >= 0.3 is 0 Å². The Bertz CT molecular complexity index is 1560. The van der Waals surface area contributed by atoms with Crippen molar-refractivity contribution in [1.82, 2.24) is 9.97 Å². The number of aryl methyl sites for hydroxylation is 1. The summed E-state index contributed by atoms with van der Waals surface area (Å²) in [7, 11) is 0. The van der Waals surface area contributed by atoms with Crippen LogP contribution in [-0.2, 0) is 11.8 Å². The quantitative estimate of drug-likeness (QED) is 0.243. The fraction of sp³-hybridized carbons (Fsp3) is 0.294. The predicted octanol–water partition coefficient (Wildman–Crippen LogP) is 9.89. The molecular weight excluding hydrogens is 468 g/mol. The molecule has 37 heavy (non-hydrogen) atoms. The number of benzene rings is 3. The maximum absolute atomic E-state index is 4.69. The molecule has 5 rings (SSSR count). The smallest absolute Gasteiger partial charge is 0.116 e. The molecule has 0 bridgehead atoms. The minimum Gasteiger partial charge on any atom is -0.236 e. The van der Waals surface area contributed by atoms with Gasteiger partial charge in [0.15, 0.2) is 0 Å². The van der Waals surface area contributed by atoms with Gasteiger partial charge in [-0.15, -0.1) is 11.3 Å². The van der Waals surface area contributed by atoms with E-state index in [2.05, 4.69) is 126 Å². The van der Waals surface area contributed by atoms with Crippen molar-refractivity contribution in [1.29, 1.82) is 0 Å². The molecule has 0 spiro atoms. The van der Waals surface area contributed by atoms with Gasteiger partial charge in [-0.3, -0.25) is 0 Å². The highest BCUT2D eigenvalue weighted by atomic mass is 32.1. The molecule has 0 unspecified atom stereocenters. The van der Waals surface area contributed by atoms with Crippen LogP contribution in [-0.4, -0.2) is 9.97 Å². The third-order valence-electron chi connectivity index (χ3n) is 6.80. The molecule has 0 N–H and O–H groups in total. The second kappa shape index (κ2) is 9.54. The van der Waals surface area contributed by atoms with E-state index in [1.165, 1.54) is 42.8 Å². The van der Waals surface area contributed by atoms with E-state index in [0.717, 1.165) is 23.4 Å². The van der Waals surface area contributed by atoms with E-state index in [0.29, 0.717) is 0 Å². The summed E-state index contributed by atoms with van der Waals surface area (Å²) < 4.78 is 0. The van der Waals surface area contributed by atoms with Crippen LogP contribution in [0.15, 0.2) is 79.1 Å². The Kier molecular flexibility index (Phi) is 6.53. The summed E-state index contributed by atoms with van der Waals surface area (Å²) in [5, 5.41) is 2.55. The van der Waals surface area contributed by atoms with Crippen molar-refractivity contribution in [2.45, 2.75) is 60.3 Å². The number of hydrogen-bond donors (Lipinski definition) is 0. The summed E-state index contributed by atoms with van der Waals surface area (Å²) in [6.45, 7) is 15.9. The van der Waals surface area contributed by atoms with Gasteiger partial charge in [0, 0.05) is 20.9 Å². The van der Waals surface area contributed by atoms with E-state index in [1.807, 2.05) is 11.3 Å². The lowest BCUT2D eigenvalue weighted by Crippen LogP contribution is -2.12. The molecule has 2 nitrogen and oxygen atoms in total. The molecule has 188 valence electrons. The van der Waals surface area contributed by atoms with Crippen molar-refractivity contribution < 1.29 is 0 Å². The predicted molar refractivity (Wildman–Crippen MR) is 160 cm³/mol. The van der Waals surface area contributed by atoms with E-state index in [-0.39, 0.29) is 10.8 Å². The van der Waals surface area contributed by atoms with Gasteiger partial charge in [0.1, 0.15) is 6.33 Å². The first-order chi connectivity index (χ1) is 17.5. The maximum atomic E-state index is 4.69. The fourth-order valence-corrected chi connectivity index (χ4v) is 6.05. The number of fused-ring (bicyclic) bond motifs is 1. The normalized spacial score (nSPS) is 12.3. The summed E-state index contributed by atoms with van der Waals surface area (Å²) in [6.07, 6.45) is 2.78. The van der Waals surface area contributed by atoms with Crippen LogP contribution in [0.25, 0.3) is 43.7 Å². The number of hydrogen-bond acceptors (Lipinski definition) is 3. The molecular formula is C34H36N2S. The lowest BCUT2D eigenvalue weighted by atomic mass is 9.82. The zero-order valence-corrected chi connectivity index (χ0v) is 23.8. The number of thiophene rings is 1. The zero-order valence-electron chi connectivity index (χ0n) is 23.0. The van der Waals surface area contributed by atoms with Crippen LogP contribution in [0.2, 0.25) is 0 Å². The number of nitrogens with zero attached hydrogens (tertiary/aromatic N) is 2. The van der Waals surface area contributed by atoms with Gasteiger partial charge in [-0.25, -0.2) is 9.97 Å². The van der Waals surface area contributed by atoms with Crippen LogP contribution in [0.3, 0.4) is 0 Å². The van der Waals surface area contributed by atoms with E-state index in [4.69, 9.17) is 4.98 Å². The first-order valence-electron chi connectivity index (χ1n) is 13.0. The molecule has 3 heteroatoms. The Morgan fingerprint density at radius 1 is 0.730 bits per heavy atom. The molecule has 0 amide bonds. The van der Waals surface area contributed by atoms with Crippen LogP contribution >= 0.6 is 11.3 Å². The molecule has 0 saturated carbocycles. The van der Waals surface area contributed by atoms with Crippen LogP contribution in [0, 0.1) is 12.3 Å². The summed E-state index contributed by atoms with van der Waals surface area (Å²) in [5.74, 6) is 0. The Morgan fingerprint density at radius 3 is 2.14 bits per heavy atom. The average Bonchev–Trinajstić information content (AvgIpc) is 3.24. The van der Waals surface area contributed by atoms with Crippen molar-refractivity contribution >= 4 is 22.1 Å². The maximum Gasteiger partial charge on any atom is 0.116 e. The SMILES string of the molecule is Cc1sc(-c2ccc(CC(C)(C)C)cc2)cc1-c1cc(-c2cc(C(C)(C)C)c3ccccc3c2)ncn1. The minimum absolute atomic E-state index is 0.0345. The van der Waals surface area contributed by atoms with Gasteiger partial charge in [0.05, 0.1) is 11.4 Å². The van der Waals surface area contributed by atoms with Gasteiger partial charge in [-0.05, 0) is 75.9 Å². The summed E-state index contributed by atoms with van der Waals surface area (Å²) in [5.41, 5.74) is 8.55. The summed E-state index contributed by atoms with van der Waals surface area (Å²) >= 11 is 1.83. The van der Waals surface area contributed by atoms with Gasteiger partial charge < -0.3 is 0 Å². The fourth-order valence-electron chi connectivity index (χ4n) is 5.02. The number of aromatic nitrogens is 2. The minimum atomic E-state index is 0.0345.